The molecular weight excluding hydrogens is 344 g/mol. The van der Waals surface area contributed by atoms with Crippen LogP contribution in [0.3, 0.4) is 0 Å². The molecular formula is C18H21F2N3O3. The maximum atomic E-state index is 13.8. The molecule has 0 aliphatic carbocycles. The Hall–Kier alpha value is -2.32. The maximum absolute atomic E-state index is 13.8. The van der Waals surface area contributed by atoms with Crippen LogP contribution in [0.4, 0.5) is 8.78 Å². The number of hydrogen-bond donors (Lipinski definition) is 3. The van der Waals surface area contributed by atoms with Crippen molar-refractivity contribution in [3.8, 4) is 11.3 Å². The molecule has 3 rings (SSSR count). The number of piperidine rings is 1. The summed E-state index contributed by atoms with van der Waals surface area (Å²) >= 11 is 0. The number of nitrogens with one attached hydrogen (secondary N) is 2. The number of nitrogens with zero attached hydrogens (tertiary/aromatic N) is 1. The van der Waals surface area contributed by atoms with Crippen LogP contribution >= 0.6 is 0 Å². The predicted molar refractivity (Wildman–Crippen MR) is 90.4 cm³/mol. The van der Waals surface area contributed by atoms with Gasteiger partial charge < -0.3 is 20.3 Å². The van der Waals surface area contributed by atoms with Crippen LogP contribution in [0.15, 0.2) is 28.8 Å². The molecule has 0 spiro atoms. The third-order valence-corrected chi connectivity index (χ3v) is 4.78. The minimum Gasteiger partial charge on any atom is -0.388 e. The van der Waals surface area contributed by atoms with Crippen LogP contribution < -0.4 is 10.6 Å². The van der Waals surface area contributed by atoms with Gasteiger partial charge in [0.1, 0.15) is 17.3 Å². The Balaban J connectivity index is 1.67. The standard InChI is InChI=1S/C18H21F2N3O3/c1-18(25,11-5-7-21-8-6-11)10-22-17(24)15-9-14(23-26-15)16-12(19)3-2-4-13(16)20/h2-4,9,11,21,25H,5-8,10H2,1H3,(H,22,24). The van der Waals surface area contributed by atoms with Gasteiger partial charge in [-0.25, -0.2) is 8.78 Å². The summed E-state index contributed by atoms with van der Waals surface area (Å²) in [5.74, 6) is -2.29. The minimum absolute atomic E-state index is 0.0423. The lowest BCUT2D eigenvalue weighted by molar-refractivity contribution is -0.0118. The van der Waals surface area contributed by atoms with Crippen molar-refractivity contribution in [3.63, 3.8) is 0 Å². The first-order chi connectivity index (χ1) is 12.4. The molecule has 2 aromatic rings. The number of benzene rings is 1. The Kier molecular flexibility index (Phi) is 5.33. The fraction of sp³-hybridized carbons (Fsp3) is 0.444. The van der Waals surface area contributed by atoms with Gasteiger partial charge in [0, 0.05) is 12.6 Å². The fourth-order valence-corrected chi connectivity index (χ4v) is 3.18. The molecule has 0 bridgehead atoms. The van der Waals surface area contributed by atoms with Crippen molar-refractivity contribution in [2.75, 3.05) is 19.6 Å². The predicted octanol–water partition coefficient (Wildman–Crippen LogP) is 2.10. The quantitative estimate of drug-likeness (QED) is 0.755. The van der Waals surface area contributed by atoms with Crippen LogP contribution in [0.1, 0.15) is 30.3 Å². The van der Waals surface area contributed by atoms with Gasteiger partial charge in [0.25, 0.3) is 5.91 Å². The van der Waals surface area contributed by atoms with Crippen LogP contribution in [0.25, 0.3) is 11.3 Å². The highest BCUT2D eigenvalue weighted by atomic mass is 19.1. The lowest BCUT2D eigenvalue weighted by Gasteiger charge is -2.35. The zero-order valence-corrected chi connectivity index (χ0v) is 14.4. The second kappa shape index (κ2) is 7.51. The molecule has 1 aromatic heterocycles. The summed E-state index contributed by atoms with van der Waals surface area (Å²) in [5, 5.41) is 20.0. The Morgan fingerprint density at radius 2 is 2.04 bits per heavy atom. The van der Waals surface area contributed by atoms with E-state index in [2.05, 4.69) is 15.8 Å². The molecule has 1 unspecified atom stereocenters. The molecule has 140 valence electrons. The van der Waals surface area contributed by atoms with E-state index in [-0.39, 0.29) is 29.5 Å². The number of hydrogen-bond acceptors (Lipinski definition) is 5. The number of carbonyl (C=O) groups excluding carboxylic acids is 1. The second-order valence-corrected chi connectivity index (χ2v) is 6.74. The highest BCUT2D eigenvalue weighted by molar-refractivity contribution is 5.92. The molecule has 8 heteroatoms. The van der Waals surface area contributed by atoms with Gasteiger partial charge in [-0.15, -0.1) is 0 Å². The highest BCUT2D eigenvalue weighted by Crippen LogP contribution is 2.27. The number of aromatic nitrogens is 1. The zero-order valence-electron chi connectivity index (χ0n) is 14.4. The summed E-state index contributed by atoms with van der Waals surface area (Å²) in [6.45, 7) is 3.38. The monoisotopic (exact) mass is 365 g/mol. The van der Waals surface area contributed by atoms with E-state index in [0.29, 0.717) is 0 Å². The molecule has 3 N–H and O–H groups in total. The fourth-order valence-electron chi connectivity index (χ4n) is 3.18. The molecule has 1 atom stereocenters. The van der Waals surface area contributed by atoms with E-state index >= 15 is 0 Å². The average molecular weight is 365 g/mol. The Morgan fingerprint density at radius 1 is 1.38 bits per heavy atom. The first kappa shape index (κ1) is 18.5. The van der Waals surface area contributed by atoms with E-state index in [1.54, 1.807) is 6.92 Å². The summed E-state index contributed by atoms with van der Waals surface area (Å²) in [7, 11) is 0. The van der Waals surface area contributed by atoms with Crippen LogP contribution in [0, 0.1) is 17.6 Å². The lowest BCUT2D eigenvalue weighted by Crippen LogP contribution is -2.49. The summed E-state index contributed by atoms with van der Waals surface area (Å²) in [5.41, 5.74) is -1.51. The van der Waals surface area contributed by atoms with Crippen LogP contribution in [-0.4, -0.2) is 41.4 Å². The number of carbonyl (C=O) groups is 1. The lowest BCUT2D eigenvalue weighted by atomic mass is 9.82. The number of halogens is 2. The summed E-state index contributed by atoms with van der Waals surface area (Å²) < 4.78 is 32.5. The summed E-state index contributed by atoms with van der Waals surface area (Å²) in [6.07, 6.45) is 1.64. The summed E-state index contributed by atoms with van der Waals surface area (Å²) in [6, 6.07) is 4.62. The Labute approximate surface area is 149 Å². The molecule has 1 aliphatic rings. The molecule has 1 aromatic carbocycles. The van der Waals surface area contributed by atoms with Gasteiger partial charge in [-0.1, -0.05) is 11.2 Å². The van der Waals surface area contributed by atoms with E-state index in [1.165, 1.54) is 12.1 Å². The maximum Gasteiger partial charge on any atom is 0.290 e. The van der Waals surface area contributed by atoms with Crippen molar-refractivity contribution in [1.82, 2.24) is 15.8 Å². The molecule has 26 heavy (non-hydrogen) atoms. The normalized spacial score (nSPS) is 17.7. The van der Waals surface area contributed by atoms with Crippen molar-refractivity contribution in [1.29, 1.82) is 0 Å². The average Bonchev–Trinajstić information content (AvgIpc) is 3.10. The van der Waals surface area contributed by atoms with E-state index < -0.39 is 23.1 Å². The van der Waals surface area contributed by atoms with E-state index in [4.69, 9.17) is 4.52 Å². The van der Waals surface area contributed by atoms with Crippen molar-refractivity contribution in [2.24, 2.45) is 5.92 Å². The van der Waals surface area contributed by atoms with Crippen molar-refractivity contribution in [3.05, 3.63) is 41.7 Å². The third kappa shape index (κ3) is 3.91. The van der Waals surface area contributed by atoms with Gasteiger partial charge in [0.05, 0.1) is 11.2 Å². The molecule has 2 heterocycles. The molecule has 1 saturated heterocycles. The first-order valence-corrected chi connectivity index (χ1v) is 8.51. The van der Waals surface area contributed by atoms with E-state index in [0.717, 1.165) is 38.1 Å². The zero-order chi connectivity index (χ0) is 18.7. The SMILES string of the molecule is CC(O)(CNC(=O)c1cc(-c2c(F)cccc2F)no1)C1CCNCC1. The molecule has 1 amide bonds. The molecule has 1 aliphatic heterocycles. The smallest absolute Gasteiger partial charge is 0.290 e. The second-order valence-electron chi connectivity index (χ2n) is 6.74. The number of aliphatic hydroxyl groups is 1. The summed E-state index contributed by atoms with van der Waals surface area (Å²) in [4.78, 5) is 12.2. The van der Waals surface area contributed by atoms with E-state index in [9.17, 15) is 18.7 Å². The molecule has 6 nitrogen and oxygen atoms in total. The van der Waals surface area contributed by atoms with Crippen LogP contribution in [0.5, 0.6) is 0 Å². The largest absolute Gasteiger partial charge is 0.388 e. The van der Waals surface area contributed by atoms with Crippen molar-refractivity contribution < 1.29 is 23.2 Å². The van der Waals surface area contributed by atoms with Gasteiger partial charge in [-0.2, -0.15) is 0 Å². The van der Waals surface area contributed by atoms with Crippen LogP contribution in [-0.2, 0) is 0 Å². The molecule has 0 radical (unpaired) electrons. The van der Waals surface area contributed by atoms with Gasteiger partial charge in [0.2, 0.25) is 5.76 Å². The molecule has 1 fully saturated rings. The highest BCUT2D eigenvalue weighted by Gasteiger charge is 2.33. The van der Waals surface area contributed by atoms with Crippen molar-refractivity contribution in [2.45, 2.75) is 25.4 Å². The first-order valence-electron chi connectivity index (χ1n) is 8.51. The van der Waals surface area contributed by atoms with Gasteiger partial charge in [-0.3, -0.25) is 4.79 Å². The van der Waals surface area contributed by atoms with Gasteiger partial charge in [0.15, 0.2) is 0 Å². The number of amides is 1. The van der Waals surface area contributed by atoms with E-state index in [1.807, 2.05) is 0 Å². The minimum atomic E-state index is -1.06. The third-order valence-electron chi connectivity index (χ3n) is 4.78. The van der Waals surface area contributed by atoms with Crippen LogP contribution in [0.2, 0.25) is 0 Å². The molecule has 0 saturated carbocycles. The van der Waals surface area contributed by atoms with Crippen molar-refractivity contribution >= 4 is 5.91 Å². The number of rotatable bonds is 5. The van der Waals surface area contributed by atoms with Gasteiger partial charge in [-0.05, 0) is 50.9 Å². The van der Waals surface area contributed by atoms with Gasteiger partial charge >= 0.3 is 0 Å². The Bertz CT molecular complexity index is 765. The topological polar surface area (TPSA) is 87.4 Å². The Morgan fingerprint density at radius 3 is 2.69 bits per heavy atom.